The summed E-state index contributed by atoms with van der Waals surface area (Å²) < 4.78 is 5.87. The van der Waals surface area contributed by atoms with Gasteiger partial charge in [-0.2, -0.15) is 5.26 Å². The van der Waals surface area contributed by atoms with Crippen LogP contribution in [0, 0.1) is 25.2 Å². The van der Waals surface area contributed by atoms with E-state index >= 15 is 0 Å². The van der Waals surface area contributed by atoms with Gasteiger partial charge in [-0.25, -0.2) is 0 Å². The van der Waals surface area contributed by atoms with E-state index in [0.717, 1.165) is 22.6 Å². The number of nitrogens with zero attached hydrogens (tertiary/aromatic N) is 2. The molecule has 0 heterocycles. The minimum absolute atomic E-state index is 0.142. The number of hydrogen-bond acceptors (Lipinski definition) is 3. The average Bonchev–Trinajstić information content (AvgIpc) is 2.55. The van der Waals surface area contributed by atoms with E-state index in [4.69, 9.17) is 4.74 Å². The van der Waals surface area contributed by atoms with Crippen LogP contribution in [-0.4, -0.2) is 20.7 Å². The van der Waals surface area contributed by atoms with Gasteiger partial charge in [0.15, 0.2) is 0 Å². The fraction of sp³-hybridized carbons (Fsp3) is 0.350. The first kappa shape index (κ1) is 16.9. The molecule has 23 heavy (non-hydrogen) atoms. The van der Waals surface area contributed by atoms with E-state index in [1.807, 2.05) is 50.5 Å². The first-order valence-corrected chi connectivity index (χ1v) is 7.89. The zero-order valence-corrected chi connectivity index (χ0v) is 14.3. The maximum atomic E-state index is 9.44. The second-order valence-corrected chi connectivity index (χ2v) is 6.00. The van der Waals surface area contributed by atoms with Crippen molar-refractivity contribution in [1.29, 1.82) is 5.26 Å². The number of rotatable bonds is 6. The number of aryl methyl sites for hydroxylation is 1. The SMILES string of the molecule is Cc1cccc(OCCC(C#N)c2ccc(N(C)C)cc2)c1C. The van der Waals surface area contributed by atoms with E-state index in [0.29, 0.717) is 13.0 Å². The van der Waals surface area contributed by atoms with Gasteiger partial charge in [0, 0.05) is 26.2 Å². The molecular weight excluding hydrogens is 284 g/mol. The molecule has 1 atom stereocenters. The van der Waals surface area contributed by atoms with Gasteiger partial charge >= 0.3 is 0 Å². The summed E-state index contributed by atoms with van der Waals surface area (Å²) in [5, 5.41) is 9.44. The zero-order chi connectivity index (χ0) is 16.8. The molecule has 0 amide bonds. The summed E-state index contributed by atoms with van der Waals surface area (Å²) in [6.45, 7) is 4.68. The van der Waals surface area contributed by atoms with Gasteiger partial charge in [0.2, 0.25) is 0 Å². The van der Waals surface area contributed by atoms with Crippen LogP contribution in [0.3, 0.4) is 0 Å². The monoisotopic (exact) mass is 308 g/mol. The van der Waals surface area contributed by atoms with Gasteiger partial charge in [-0.05, 0) is 48.7 Å². The molecular formula is C20H24N2O. The lowest BCUT2D eigenvalue weighted by molar-refractivity contribution is 0.304. The van der Waals surface area contributed by atoms with Crippen molar-refractivity contribution in [3.05, 3.63) is 59.2 Å². The molecule has 0 saturated heterocycles. The summed E-state index contributed by atoms with van der Waals surface area (Å²) in [7, 11) is 4.02. The molecule has 3 nitrogen and oxygen atoms in total. The van der Waals surface area contributed by atoms with Crippen LogP contribution in [-0.2, 0) is 0 Å². The van der Waals surface area contributed by atoms with Crippen LogP contribution in [0.5, 0.6) is 5.75 Å². The Hall–Kier alpha value is -2.47. The molecule has 0 aliphatic carbocycles. The number of nitriles is 1. The van der Waals surface area contributed by atoms with Crippen LogP contribution in [0.15, 0.2) is 42.5 Å². The normalized spacial score (nSPS) is 11.6. The van der Waals surface area contributed by atoms with E-state index < -0.39 is 0 Å². The Balaban J connectivity index is 1.97. The Kier molecular flexibility index (Phi) is 5.65. The summed E-state index contributed by atoms with van der Waals surface area (Å²) in [6, 6.07) is 16.6. The Morgan fingerprint density at radius 1 is 1.09 bits per heavy atom. The van der Waals surface area contributed by atoms with Crippen LogP contribution in [0.4, 0.5) is 5.69 Å². The highest BCUT2D eigenvalue weighted by Gasteiger charge is 2.12. The molecule has 0 bridgehead atoms. The molecule has 0 aliphatic heterocycles. The Morgan fingerprint density at radius 3 is 2.39 bits per heavy atom. The largest absolute Gasteiger partial charge is 0.493 e. The van der Waals surface area contributed by atoms with Crippen LogP contribution >= 0.6 is 0 Å². The maximum Gasteiger partial charge on any atom is 0.122 e. The third-order valence-corrected chi connectivity index (χ3v) is 4.19. The van der Waals surface area contributed by atoms with Crippen LogP contribution in [0.2, 0.25) is 0 Å². The summed E-state index contributed by atoms with van der Waals surface area (Å²) >= 11 is 0. The summed E-state index contributed by atoms with van der Waals surface area (Å²) in [6.07, 6.45) is 0.686. The Bertz CT molecular complexity index is 684. The minimum atomic E-state index is -0.142. The van der Waals surface area contributed by atoms with Crippen LogP contribution in [0.25, 0.3) is 0 Å². The van der Waals surface area contributed by atoms with Crippen molar-refractivity contribution >= 4 is 5.69 Å². The molecule has 0 N–H and O–H groups in total. The molecule has 0 radical (unpaired) electrons. The number of anilines is 1. The van der Waals surface area contributed by atoms with Crippen molar-refractivity contribution in [1.82, 2.24) is 0 Å². The molecule has 2 rings (SSSR count). The first-order valence-electron chi connectivity index (χ1n) is 7.89. The molecule has 3 heteroatoms. The summed E-state index contributed by atoms with van der Waals surface area (Å²) in [4.78, 5) is 2.05. The topological polar surface area (TPSA) is 36.3 Å². The van der Waals surface area contributed by atoms with Gasteiger partial charge in [-0.1, -0.05) is 24.3 Å². The number of ether oxygens (including phenoxy) is 1. The van der Waals surface area contributed by atoms with Gasteiger partial charge in [0.05, 0.1) is 18.6 Å². The lowest BCUT2D eigenvalue weighted by atomic mass is 9.97. The Morgan fingerprint density at radius 2 is 1.78 bits per heavy atom. The van der Waals surface area contributed by atoms with E-state index in [9.17, 15) is 5.26 Å². The summed E-state index contributed by atoms with van der Waals surface area (Å²) in [5.41, 5.74) is 4.56. The van der Waals surface area contributed by atoms with Crippen molar-refractivity contribution in [3.8, 4) is 11.8 Å². The zero-order valence-electron chi connectivity index (χ0n) is 14.3. The highest BCUT2D eigenvalue weighted by Crippen LogP contribution is 2.24. The van der Waals surface area contributed by atoms with E-state index in [1.54, 1.807) is 0 Å². The number of benzene rings is 2. The van der Waals surface area contributed by atoms with Gasteiger partial charge in [-0.3, -0.25) is 0 Å². The fourth-order valence-corrected chi connectivity index (χ4v) is 2.48. The van der Waals surface area contributed by atoms with Crippen molar-refractivity contribution in [2.24, 2.45) is 0 Å². The third kappa shape index (κ3) is 4.26. The minimum Gasteiger partial charge on any atom is -0.493 e. The standard InChI is InChI=1S/C20H24N2O/c1-15-6-5-7-20(16(15)2)23-13-12-18(14-21)17-8-10-19(11-9-17)22(3)4/h5-11,18H,12-13H2,1-4H3. The van der Waals surface area contributed by atoms with Crippen molar-refractivity contribution < 1.29 is 4.74 Å². The van der Waals surface area contributed by atoms with Gasteiger partial charge in [0.25, 0.3) is 0 Å². The molecule has 0 saturated carbocycles. The van der Waals surface area contributed by atoms with E-state index in [-0.39, 0.29) is 5.92 Å². The smallest absolute Gasteiger partial charge is 0.122 e. The first-order chi connectivity index (χ1) is 11.0. The highest BCUT2D eigenvalue weighted by atomic mass is 16.5. The summed E-state index contributed by atoms with van der Waals surface area (Å²) in [5.74, 6) is 0.765. The Labute approximate surface area is 139 Å². The second-order valence-electron chi connectivity index (χ2n) is 6.00. The molecule has 0 aliphatic rings. The number of hydrogen-bond donors (Lipinski definition) is 0. The quantitative estimate of drug-likeness (QED) is 0.791. The lowest BCUT2D eigenvalue weighted by Crippen LogP contribution is -2.09. The third-order valence-electron chi connectivity index (χ3n) is 4.19. The van der Waals surface area contributed by atoms with Crippen molar-refractivity contribution in [2.45, 2.75) is 26.2 Å². The predicted molar refractivity (Wildman–Crippen MR) is 95.2 cm³/mol. The fourth-order valence-electron chi connectivity index (χ4n) is 2.48. The van der Waals surface area contributed by atoms with Gasteiger partial charge in [0.1, 0.15) is 5.75 Å². The van der Waals surface area contributed by atoms with Gasteiger partial charge in [-0.15, -0.1) is 0 Å². The predicted octanol–water partition coefficient (Wildman–Crippen LogP) is 4.45. The van der Waals surface area contributed by atoms with Gasteiger partial charge < -0.3 is 9.64 Å². The molecule has 1 unspecified atom stereocenters. The molecule has 0 fully saturated rings. The molecule has 2 aromatic carbocycles. The second kappa shape index (κ2) is 7.69. The lowest BCUT2D eigenvalue weighted by Gasteiger charge is -2.15. The molecule has 0 spiro atoms. The highest BCUT2D eigenvalue weighted by molar-refractivity contribution is 5.47. The average molecular weight is 308 g/mol. The molecule has 120 valence electrons. The van der Waals surface area contributed by atoms with E-state index in [2.05, 4.69) is 30.9 Å². The van der Waals surface area contributed by atoms with Crippen molar-refractivity contribution in [3.63, 3.8) is 0 Å². The van der Waals surface area contributed by atoms with Crippen molar-refractivity contribution in [2.75, 3.05) is 25.6 Å². The maximum absolute atomic E-state index is 9.44. The van der Waals surface area contributed by atoms with Crippen LogP contribution < -0.4 is 9.64 Å². The molecule has 2 aromatic rings. The van der Waals surface area contributed by atoms with E-state index in [1.165, 1.54) is 5.56 Å². The van der Waals surface area contributed by atoms with Crippen LogP contribution in [0.1, 0.15) is 29.0 Å². The molecule has 0 aromatic heterocycles.